The van der Waals surface area contributed by atoms with Crippen molar-refractivity contribution in [3.8, 4) is 22.6 Å². The van der Waals surface area contributed by atoms with E-state index in [1.165, 1.54) is 10.5 Å². The number of amides is 4. The first-order valence-corrected chi connectivity index (χ1v) is 15.3. The Balaban J connectivity index is 1.23. The Morgan fingerprint density at radius 3 is 1.51 bits per heavy atom. The lowest BCUT2D eigenvalue weighted by atomic mass is 9.87. The number of imide groups is 2. The van der Waals surface area contributed by atoms with Crippen molar-refractivity contribution < 1.29 is 23.9 Å². The summed E-state index contributed by atoms with van der Waals surface area (Å²) in [4.78, 5) is 56.0. The lowest BCUT2D eigenvalue weighted by Gasteiger charge is -2.35. The van der Waals surface area contributed by atoms with Crippen molar-refractivity contribution in [3.05, 3.63) is 113 Å². The molecule has 45 heavy (non-hydrogen) atoms. The van der Waals surface area contributed by atoms with Gasteiger partial charge in [0.25, 0.3) is 23.6 Å². The highest BCUT2D eigenvalue weighted by Crippen LogP contribution is 2.37. The molecule has 2 aliphatic rings. The van der Waals surface area contributed by atoms with Crippen LogP contribution in [0.2, 0.25) is 0 Å². The van der Waals surface area contributed by atoms with Gasteiger partial charge >= 0.3 is 0 Å². The number of fused-ring (bicyclic) bond motifs is 2. The summed E-state index contributed by atoms with van der Waals surface area (Å²) < 4.78 is 5.99. The quantitative estimate of drug-likeness (QED) is 0.199. The van der Waals surface area contributed by atoms with E-state index in [0.717, 1.165) is 4.90 Å². The molecular formula is C38H36N2O5. The molecule has 0 atom stereocenters. The van der Waals surface area contributed by atoms with Crippen LogP contribution in [0.15, 0.2) is 84.9 Å². The molecule has 2 aliphatic heterocycles. The number of rotatable bonds is 7. The Hall–Kier alpha value is -5.04. The number of carbonyl (C=O) groups excluding carboxylic acids is 4. The van der Waals surface area contributed by atoms with Crippen molar-refractivity contribution in [2.24, 2.45) is 0 Å². The molecule has 0 unspecified atom stereocenters. The number of hydrogen-bond acceptors (Lipinski definition) is 5. The third kappa shape index (κ3) is 5.02. The number of hydrogen-bond donors (Lipinski definition) is 0. The fourth-order valence-electron chi connectivity index (χ4n) is 5.95. The molecule has 0 aromatic heterocycles. The second-order valence-corrected chi connectivity index (χ2v) is 13.0. The molecule has 0 N–H and O–H groups in total. The van der Waals surface area contributed by atoms with Crippen molar-refractivity contribution in [2.75, 3.05) is 4.90 Å². The second kappa shape index (κ2) is 10.8. The Labute approximate surface area is 263 Å². The van der Waals surface area contributed by atoms with Gasteiger partial charge in [-0.1, -0.05) is 58.9 Å². The van der Waals surface area contributed by atoms with Crippen LogP contribution in [-0.2, 0) is 5.41 Å². The Kier molecular flexibility index (Phi) is 7.23. The summed E-state index contributed by atoms with van der Waals surface area (Å²) in [5.74, 6) is -0.147. The Bertz CT molecular complexity index is 1860. The predicted octanol–water partition coefficient (Wildman–Crippen LogP) is 8.42. The van der Waals surface area contributed by atoms with E-state index in [1.807, 2.05) is 45.0 Å². The van der Waals surface area contributed by atoms with Crippen molar-refractivity contribution in [1.29, 1.82) is 0 Å². The van der Waals surface area contributed by atoms with Crippen LogP contribution in [0.5, 0.6) is 11.5 Å². The normalized spacial score (nSPS) is 14.7. The van der Waals surface area contributed by atoms with Gasteiger partial charge in [-0.3, -0.25) is 24.1 Å². The maximum Gasteiger partial charge on any atom is 0.266 e. The van der Waals surface area contributed by atoms with Crippen LogP contribution in [0.25, 0.3) is 11.1 Å². The third-order valence-electron chi connectivity index (χ3n) is 9.22. The van der Waals surface area contributed by atoms with Crippen molar-refractivity contribution >= 4 is 29.3 Å². The average Bonchev–Trinajstić information content (AvgIpc) is 3.44. The zero-order valence-corrected chi connectivity index (χ0v) is 26.4. The highest BCUT2D eigenvalue weighted by Gasteiger charge is 2.45. The molecule has 2 heterocycles. The van der Waals surface area contributed by atoms with E-state index in [-0.39, 0.29) is 22.8 Å². The van der Waals surface area contributed by atoms with Gasteiger partial charge in [0.05, 0.1) is 27.9 Å². The predicted molar refractivity (Wildman–Crippen MR) is 174 cm³/mol. The topological polar surface area (TPSA) is 84.0 Å². The van der Waals surface area contributed by atoms with Crippen LogP contribution in [-0.4, -0.2) is 34.1 Å². The standard InChI is InChI=1S/C38H36N2O5/c1-7-38(6,8-2)40-35(43)30-20-10-24(22-32(30)36(40)44)23-9-19-29-31(21-23)34(42)39(33(29)41)26-13-17-28(18-14-26)45-27-15-11-25(12-16-27)37(3,4)5/h9-22H,7-8H2,1-6H3. The first-order chi connectivity index (χ1) is 21.4. The lowest BCUT2D eigenvalue weighted by molar-refractivity contribution is 0.0434. The van der Waals surface area contributed by atoms with Crippen molar-refractivity contribution in [2.45, 2.75) is 65.3 Å². The highest BCUT2D eigenvalue weighted by molar-refractivity contribution is 6.34. The minimum absolute atomic E-state index is 0.0428. The van der Waals surface area contributed by atoms with Gasteiger partial charge in [0.15, 0.2) is 0 Å². The van der Waals surface area contributed by atoms with Crippen LogP contribution >= 0.6 is 0 Å². The highest BCUT2D eigenvalue weighted by atomic mass is 16.5. The molecule has 7 nitrogen and oxygen atoms in total. The first kappa shape index (κ1) is 30.0. The molecule has 0 saturated carbocycles. The molecule has 0 fully saturated rings. The number of ether oxygens (including phenoxy) is 1. The van der Waals surface area contributed by atoms with E-state index in [0.29, 0.717) is 57.8 Å². The van der Waals surface area contributed by atoms with Gasteiger partial charge in [-0.15, -0.1) is 0 Å². The smallest absolute Gasteiger partial charge is 0.266 e. The molecule has 4 aromatic rings. The summed E-state index contributed by atoms with van der Waals surface area (Å²) in [6.07, 6.45) is 1.31. The number of carbonyl (C=O) groups is 4. The molecule has 0 saturated heterocycles. The van der Waals surface area contributed by atoms with E-state index in [9.17, 15) is 19.2 Å². The molecule has 0 bridgehead atoms. The van der Waals surface area contributed by atoms with Gasteiger partial charge < -0.3 is 4.74 Å². The van der Waals surface area contributed by atoms with Crippen LogP contribution in [0.3, 0.4) is 0 Å². The largest absolute Gasteiger partial charge is 0.457 e. The summed E-state index contributed by atoms with van der Waals surface area (Å²) in [6, 6.07) is 25.0. The molecule has 7 heteroatoms. The first-order valence-electron chi connectivity index (χ1n) is 15.3. The minimum atomic E-state index is -0.570. The summed E-state index contributed by atoms with van der Waals surface area (Å²) in [7, 11) is 0. The lowest BCUT2D eigenvalue weighted by Crippen LogP contribution is -2.48. The average molecular weight is 601 g/mol. The summed E-state index contributed by atoms with van der Waals surface area (Å²) in [6.45, 7) is 12.3. The molecule has 6 rings (SSSR count). The van der Waals surface area contributed by atoms with E-state index in [1.54, 1.807) is 60.7 Å². The van der Waals surface area contributed by atoms with Crippen molar-refractivity contribution in [3.63, 3.8) is 0 Å². The van der Waals surface area contributed by atoms with Gasteiger partial charge in [-0.25, -0.2) is 4.90 Å². The molecule has 0 radical (unpaired) electrons. The van der Waals surface area contributed by atoms with E-state index in [4.69, 9.17) is 4.74 Å². The molecule has 0 aliphatic carbocycles. The summed E-state index contributed by atoms with van der Waals surface area (Å²) in [5.41, 5.74) is 3.80. The molecule has 0 spiro atoms. The molecule has 4 aromatic carbocycles. The van der Waals surface area contributed by atoms with E-state index < -0.39 is 17.4 Å². The van der Waals surface area contributed by atoms with Gasteiger partial charge in [0.2, 0.25) is 0 Å². The second-order valence-electron chi connectivity index (χ2n) is 13.0. The van der Waals surface area contributed by atoms with Crippen LogP contribution in [0.4, 0.5) is 5.69 Å². The van der Waals surface area contributed by atoms with Crippen LogP contribution in [0, 0.1) is 0 Å². The number of nitrogens with zero attached hydrogens (tertiary/aromatic N) is 2. The van der Waals surface area contributed by atoms with Gasteiger partial charge in [0, 0.05) is 5.54 Å². The fourth-order valence-corrected chi connectivity index (χ4v) is 5.95. The Morgan fingerprint density at radius 2 is 1.00 bits per heavy atom. The number of anilines is 1. The maximum atomic E-state index is 13.6. The van der Waals surface area contributed by atoms with E-state index >= 15 is 0 Å². The van der Waals surface area contributed by atoms with Crippen LogP contribution < -0.4 is 9.64 Å². The van der Waals surface area contributed by atoms with E-state index in [2.05, 4.69) is 20.8 Å². The van der Waals surface area contributed by atoms with Gasteiger partial charge in [0.1, 0.15) is 11.5 Å². The maximum absolute atomic E-state index is 13.6. The fraction of sp³-hybridized carbons (Fsp3) is 0.263. The number of benzene rings is 4. The third-order valence-corrected chi connectivity index (χ3v) is 9.22. The molecule has 228 valence electrons. The van der Waals surface area contributed by atoms with Gasteiger partial charge in [-0.05, 0) is 103 Å². The Morgan fingerprint density at radius 1 is 0.556 bits per heavy atom. The molecular weight excluding hydrogens is 564 g/mol. The van der Waals surface area contributed by atoms with Crippen molar-refractivity contribution in [1.82, 2.24) is 4.90 Å². The summed E-state index contributed by atoms with van der Waals surface area (Å²) >= 11 is 0. The monoisotopic (exact) mass is 600 g/mol. The zero-order chi connectivity index (χ0) is 32.3. The zero-order valence-electron chi connectivity index (χ0n) is 26.4. The minimum Gasteiger partial charge on any atom is -0.457 e. The summed E-state index contributed by atoms with van der Waals surface area (Å²) in [5, 5.41) is 0. The molecule has 4 amide bonds. The SMILES string of the molecule is CCC(C)(CC)N1C(=O)c2ccc(-c3ccc4c(c3)C(=O)N(c3ccc(Oc5ccc(C(C)(C)C)cc5)cc3)C4=O)cc2C1=O. The van der Waals surface area contributed by atoms with Crippen LogP contribution in [0.1, 0.15) is 101 Å². The van der Waals surface area contributed by atoms with Gasteiger partial charge in [-0.2, -0.15) is 0 Å².